The summed E-state index contributed by atoms with van der Waals surface area (Å²) in [6.07, 6.45) is 0.925. The molecule has 2 unspecified atom stereocenters. The summed E-state index contributed by atoms with van der Waals surface area (Å²) in [4.78, 5) is 0. The molecule has 12 heavy (non-hydrogen) atoms. The number of hydrogen-bond donors (Lipinski definition) is 0. The fraction of sp³-hybridized carbons (Fsp3) is 1.00. The highest BCUT2D eigenvalue weighted by Crippen LogP contribution is 2.37. The lowest BCUT2D eigenvalue weighted by Crippen LogP contribution is -2.30. The summed E-state index contributed by atoms with van der Waals surface area (Å²) in [6.45, 7) is 3.55. The van der Waals surface area contributed by atoms with E-state index in [1.165, 1.54) is 0 Å². The molecular formula is C8H15FO2S. The molecule has 0 spiro atoms. The summed E-state index contributed by atoms with van der Waals surface area (Å²) in [5.41, 5.74) is -1.45. The molecule has 1 aliphatic rings. The van der Waals surface area contributed by atoms with Gasteiger partial charge >= 0.3 is 0 Å². The SMILES string of the molecule is CCC1CS(=O)(=O)CC1(F)CC. The van der Waals surface area contributed by atoms with Gasteiger partial charge < -0.3 is 0 Å². The monoisotopic (exact) mass is 194 g/mol. The van der Waals surface area contributed by atoms with Gasteiger partial charge in [0.1, 0.15) is 5.67 Å². The summed E-state index contributed by atoms with van der Waals surface area (Å²) in [5.74, 6) is -0.518. The molecular weight excluding hydrogens is 179 g/mol. The lowest BCUT2D eigenvalue weighted by Gasteiger charge is -2.22. The molecule has 1 aliphatic heterocycles. The maximum atomic E-state index is 13.8. The molecule has 0 bridgehead atoms. The van der Waals surface area contributed by atoms with Crippen molar-refractivity contribution in [3.63, 3.8) is 0 Å². The Morgan fingerprint density at radius 2 is 2.08 bits per heavy atom. The standard InChI is InChI=1S/C8H15FO2S/c1-3-7-5-12(10,11)6-8(7,9)4-2/h7H,3-6H2,1-2H3. The predicted octanol–water partition coefficient (Wildman–Crippen LogP) is 1.56. The largest absolute Gasteiger partial charge is 0.242 e. The first-order chi connectivity index (χ1) is 5.43. The normalized spacial score (nSPS) is 40.1. The predicted molar refractivity (Wildman–Crippen MR) is 46.6 cm³/mol. The van der Waals surface area contributed by atoms with Gasteiger partial charge in [-0.25, -0.2) is 12.8 Å². The van der Waals surface area contributed by atoms with Gasteiger partial charge in [0.2, 0.25) is 0 Å². The van der Waals surface area contributed by atoms with E-state index < -0.39 is 15.5 Å². The number of alkyl halides is 1. The van der Waals surface area contributed by atoms with E-state index in [0.29, 0.717) is 12.8 Å². The van der Waals surface area contributed by atoms with Gasteiger partial charge in [0.15, 0.2) is 9.84 Å². The average molecular weight is 194 g/mol. The van der Waals surface area contributed by atoms with Crippen LogP contribution in [0.5, 0.6) is 0 Å². The fourth-order valence-electron chi connectivity index (χ4n) is 1.87. The van der Waals surface area contributed by atoms with E-state index in [1.54, 1.807) is 6.92 Å². The first-order valence-corrected chi connectivity index (χ1v) is 6.15. The lowest BCUT2D eigenvalue weighted by atomic mass is 9.88. The van der Waals surface area contributed by atoms with Crippen LogP contribution in [0.4, 0.5) is 4.39 Å². The number of sulfone groups is 1. The Morgan fingerprint density at radius 3 is 2.42 bits per heavy atom. The second-order valence-corrected chi connectivity index (χ2v) is 5.66. The number of rotatable bonds is 2. The molecule has 0 aromatic rings. The van der Waals surface area contributed by atoms with E-state index in [-0.39, 0.29) is 17.4 Å². The van der Waals surface area contributed by atoms with Crippen molar-refractivity contribution in [3.8, 4) is 0 Å². The van der Waals surface area contributed by atoms with Crippen LogP contribution < -0.4 is 0 Å². The summed E-state index contributed by atoms with van der Waals surface area (Å²) in [5, 5.41) is 0. The van der Waals surface area contributed by atoms with Gasteiger partial charge in [-0.3, -0.25) is 0 Å². The van der Waals surface area contributed by atoms with Crippen LogP contribution in [0.1, 0.15) is 26.7 Å². The quantitative estimate of drug-likeness (QED) is 0.668. The molecule has 0 amide bonds. The van der Waals surface area contributed by atoms with E-state index in [1.807, 2.05) is 6.92 Å². The zero-order chi connectivity index (χ0) is 9.41. The summed E-state index contributed by atoms with van der Waals surface area (Å²) in [6, 6.07) is 0. The van der Waals surface area contributed by atoms with E-state index >= 15 is 0 Å². The Labute approximate surface area is 73.1 Å². The molecule has 0 radical (unpaired) electrons. The van der Waals surface area contributed by atoms with Gasteiger partial charge in [-0.2, -0.15) is 0 Å². The molecule has 1 saturated heterocycles. The van der Waals surface area contributed by atoms with Gasteiger partial charge in [0.05, 0.1) is 11.5 Å². The molecule has 0 aliphatic carbocycles. The van der Waals surface area contributed by atoms with E-state index in [9.17, 15) is 12.8 Å². The topological polar surface area (TPSA) is 34.1 Å². The molecule has 1 fully saturated rings. The van der Waals surface area contributed by atoms with E-state index in [2.05, 4.69) is 0 Å². The maximum absolute atomic E-state index is 13.8. The Morgan fingerprint density at radius 1 is 1.50 bits per heavy atom. The van der Waals surface area contributed by atoms with Crippen LogP contribution in [-0.2, 0) is 9.84 Å². The first kappa shape index (κ1) is 9.96. The number of halogens is 1. The summed E-state index contributed by atoms with van der Waals surface area (Å²) >= 11 is 0. The van der Waals surface area contributed by atoms with Crippen LogP contribution in [0.25, 0.3) is 0 Å². The van der Waals surface area contributed by atoms with E-state index in [4.69, 9.17) is 0 Å². The molecule has 2 atom stereocenters. The molecule has 1 heterocycles. The van der Waals surface area contributed by atoms with Crippen molar-refractivity contribution in [2.45, 2.75) is 32.4 Å². The van der Waals surface area contributed by atoms with Crippen molar-refractivity contribution in [1.82, 2.24) is 0 Å². The van der Waals surface area contributed by atoms with Crippen LogP contribution in [0.3, 0.4) is 0 Å². The molecule has 0 aromatic heterocycles. The van der Waals surface area contributed by atoms with Crippen LogP contribution in [-0.4, -0.2) is 25.6 Å². The van der Waals surface area contributed by atoms with Crippen molar-refractivity contribution in [2.75, 3.05) is 11.5 Å². The highest BCUT2D eigenvalue weighted by Gasteiger charge is 2.48. The van der Waals surface area contributed by atoms with Crippen molar-refractivity contribution in [1.29, 1.82) is 0 Å². The number of hydrogen-bond acceptors (Lipinski definition) is 2. The smallest absolute Gasteiger partial charge is 0.153 e. The van der Waals surface area contributed by atoms with Crippen LogP contribution in [0.2, 0.25) is 0 Å². The van der Waals surface area contributed by atoms with Gasteiger partial charge in [-0.15, -0.1) is 0 Å². The van der Waals surface area contributed by atoms with Crippen LogP contribution in [0, 0.1) is 5.92 Å². The fourth-order valence-corrected chi connectivity index (χ4v) is 4.31. The minimum absolute atomic E-state index is 0.0356. The van der Waals surface area contributed by atoms with Gasteiger partial charge in [-0.05, 0) is 12.8 Å². The van der Waals surface area contributed by atoms with Crippen LogP contribution in [0.15, 0.2) is 0 Å². The van der Waals surface area contributed by atoms with Crippen LogP contribution >= 0.6 is 0 Å². The Kier molecular flexibility index (Phi) is 2.47. The maximum Gasteiger partial charge on any atom is 0.153 e. The molecule has 72 valence electrons. The van der Waals surface area contributed by atoms with Gasteiger partial charge in [0.25, 0.3) is 0 Å². The highest BCUT2D eigenvalue weighted by molar-refractivity contribution is 7.91. The Balaban J connectivity index is 2.90. The Bertz CT molecular complexity index is 260. The van der Waals surface area contributed by atoms with Gasteiger partial charge in [0, 0.05) is 5.92 Å². The van der Waals surface area contributed by atoms with E-state index in [0.717, 1.165) is 0 Å². The molecule has 4 heteroatoms. The van der Waals surface area contributed by atoms with Crippen molar-refractivity contribution >= 4 is 9.84 Å². The molecule has 1 rings (SSSR count). The zero-order valence-electron chi connectivity index (χ0n) is 7.51. The third kappa shape index (κ3) is 1.63. The molecule has 0 aromatic carbocycles. The second-order valence-electron chi connectivity index (χ2n) is 3.55. The minimum atomic E-state index is -3.10. The zero-order valence-corrected chi connectivity index (χ0v) is 8.32. The summed E-state index contributed by atoms with van der Waals surface area (Å²) in [7, 11) is -3.10. The first-order valence-electron chi connectivity index (χ1n) is 4.33. The average Bonchev–Trinajstić information content (AvgIpc) is 2.22. The minimum Gasteiger partial charge on any atom is -0.242 e. The molecule has 0 N–H and O–H groups in total. The van der Waals surface area contributed by atoms with Crippen molar-refractivity contribution in [2.24, 2.45) is 5.92 Å². The van der Waals surface area contributed by atoms with Crippen molar-refractivity contribution in [3.05, 3.63) is 0 Å². The summed E-state index contributed by atoms with van der Waals surface area (Å²) < 4.78 is 36.1. The van der Waals surface area contributed by atoms with Crippen molar-refractivity contribution < 1.29 is 12.8 Å². The second kappa shape index (κ2) is 2.98. The molecule has 0 saturated carbocycles. The third-order valence-corrected chi connectivity index (χ3v) is 4.56. The van der Waals surface area contributed by atoms with Gasteiger partial charge in [-0.1, -0.05) is 13.8 Å². The lowest BCUT2D eigenvalue weighted by molar-refractivity contribution is 0.123. The molecule has 2 nitrogen and oxygen atoms in total. The highest BCUT2D eigenvalue weighted by atomic mass is 32.2. The third-order valence-electron chi connectivity index (χ3n) is 2.73. The Hall–Kier alpha value is -0.120.